The summed E-state index contributed by atoms with van der Waals surface area (Å²) in [5.74, 6) is -0.516. The second kappa shape index (κ2) is 5.73. The molecule has 2 aromatic rings. The lowest BCUT2D eigenvalue weighted by atomic mass is 10.0. The summed E-state index contributed by atoms with van der Waals surface area (Å²) >= 11 is 5.19. The Labute approximate surface area is 136 Å². The number of nitro benzene ring substituents is 1. The van der Waals surface area contributed by atoms with Crippen molar-refractivity contribution in [3.8, 4) is 0 Å². The van der Waals surface area contributed by atoms with Crippen molar-refractivity contribution in [2.24, 2.45) is 0 Å². The zero-order valence-corrected chi connectivity index (χ0v) is 12.9. The molecule has 0 saturated carbocycles. The van der Waals surface area contributed by atoms with Gasteiger partial charge in [0.2, 0.25) is 0 Å². The lowest BCUT2D eigenvalue weighted by molar-refractivity contribution is -0.383. The lowest BCUT2D eigenvalue weighted by Crippen LogP contribution is -2.13. The van der Waals surface area contributed by atoms with Crippen LogP contribution >= 0.6 is 12.2 Å². The first-order chi connectivity index (χ1) is 11.0. The number of aromatic nitrogens is 1. The smallest absolute Gasteiger partial charge is 0.294 e. The maximum atomic E-state index is 12.2. The van der Waals surface area contributed by atoms with Crippen LogP contribution in [0.5, 0.6) is 0 Å². The predicted molar refractivity (Wildman–Crippen MR) is 89.9 cm³/mol. The highest BCUT2D eigenvalue weighted by atomic mass is 32.1. The second-order valence-corrected chi connectivity index (χ2v) is 5.56. The molecule has 0 saturated heterocycles. The van der Waals surface area contributed by atoms with E-state index in [0.29, 0.717) is 16.2 Å². The van der Waals surface area contributed by atoms with Crippen LogP contribution < -0.4 is 10.6 Å². The first-order valence-electron chi connectivity index (χ1n) is 6.82. The first kappa shape index (κ1) is 15.0. The summed E-state index contributed by atoms with van der Waals surface area (Å²) in [6.45, 7) is 1.90. The quantitative estimate of drug-likeness (QED) is 0.510. The van der Waals surface area contributed by atoms with Gasteiger partial charge in [-0.3, -0.25) is 19.9 Å². The average molecular weight is 328 g/mol. The van der Waals surface area contributed by atoms with Gasteiger partial charge < -0.3 is 10.6 Å². The van der Waals surface area contributed by atoms with Gasteiger partial charge in [0, 0.05) is 30.1 Å². The van der Waals surface area contributed by atoms with E-state index >= 15 is 0 Å². The molecule has 2 N–H and O–H groups in total. The number of fused-ring (bicyclic) bond motifs is 1. The molecule has 1 aromatic heterocycles. The maximum Gasteiger partial charge on any atom is 0.294 e. The molecule has 2 heterocycles. The highest BCUT2D eigenvalue weighted by molar-refractivity contribution is 7.80. The number of amides is 1. The number of nitrogens with one attached hydrogen (secondary N) is 2. The molecule has 1 aliphatic rings. The Morgan fingerprint density at radius 1 is 1.48 bits per heavy atom. The predicted octanol–water partition coefficient (Wildman–Crippen LogP) is 3.10. The van der Waals surface area contributed by atoms with Crippen molar-refractivity contribution >= 4 is 40.2 Å². The molecule has 8 heteroatoms. The van der Waals surface area contributed by atoms with E-state index in [0.717, 1.165) is 5.56 Å². The van der Waals surface area contributed by atoms with Crippen molar-refractivity contribution in [2.45, 2.75) is 12.8 Å². The highest BCUT2D eigenvalue weighted by Gasteiger charge is 2.28. The average Bonchev–Trinajstić information content (AvgIpc) is 2.82. The molecular formula is C15H12N4O3S. The van der Waals surface area contributed by atoms with E-state index in [-0.39, 0.29) is 17.3 Å². The number of anilines is 2. The summed E-state index contributed by atoms with van der Waals surface area (Å²) < 4.78 is 0. The summed E-state index contributed by atoms with van der Waals surface area (Å²) in [5.41, 5.74) is 1.70. The van der Waals surface area contributed by atoms with Gasteiger partial charge >= 0.3 is 0 Å². The minimum atomic E-state index is -0.535. The van der Waals surface area contributed by atoms with Crippen molar-refractivity contribution in [1.29, 1.82) is 0 Å². The molecule has 1 aromatic carbocycles. The zero-order valence-electron chi connectivity index (χ0n) is 12.1. The third-order valence-electron chi connectivity index (χ3n) is 3.65. The van der Waals surface area contributed by atoms with Crippen molar-refractivity contribution in [1.82, 2.24) is 4.98 Å². The van der Waals surface area contributed by atoms with Crippen LogP contribution in [0.3, 0.4) is 0 Å². The fourth-order valence-corrected chi connectivity index (χ4v) is 2.63. The zero-order chi connectivity index (χ0) is 16.6. The number of carbonyl (C=O) groups excluding carboxylic acids is 1. The van der Waals surface area contributed by atoms with Gasteiger partial charge in [0.05, 0.1) is 15.5 Å². The molecule has 1 aliphatic heterocycles. The maximum absolute atomic E-state index is 12.2. The van der Waals surface area contributed by atoms with Gasteiger partial charge in [-0.05, 0) is 23.8 Å². The summed E-state index contributed by atoms with van der Waals surface area (Å²) in [4.78, 5) is 27.4. The Morgan fingerprint density at radius 2 is 2.26 bits per heavy atom. The second-order valence-electron chi connectivity index (χ2n) is 5.12. The largest absolute Gasteiger partial charge is 0.349 e. The summed E-state index contributed by atoms with van der Waals surface area (Å²) in [6.07, 6.45) is 2.94. The SMILES string of the molecule is CC1C(=S)Nc2cc([N+](=O)[O-])c(NC(=O)c3cccnc3)cc21. The summed E-state index contributed by atoms with van der Waals surface area (Å²) in [7, 11) is 0. The van der Waals surface area contributed by atoms with E-state index in [1.54, 1.807) is 24.4 Å². The van der Waals surface area contributed by atoms with E-state index in [9.17, 15) is 14.9 Å². The van der Waals surface area contributed by atoms with E-state index in [4.69, 9.17) is 12.2 Å². The molecule has 1 atom stereocenters. The number of hydrogen-bond acceptors (Lipinski definition) is 5. The standard InChI is InChI=1S/C15H12N4O3S/c1-8-10-5-12(17-14(20)9-3-2-4-16-7-9)13(19(21)22)6-11(10)18-15(8)23/h2-8H,1H3,(H,17,20)(H,18,23). The summed E-state index contributed by atoms with van der Waals surface area (Å²) in [6, 6.07) is 6.19. The van der Waals surface area contributed by atoms with Gasteiger partial charge in [-0.2, -0.15) is 0 Å². The van der Waals surface area contributed by atoms with Gasteiger partial charge in [-0.15, -0.1) is 0 Å². The molecule has 0 fully saturated rings. The number of thiocarbonyl (C=S) groups is 1. The van der Waals surface area contributed by atoms with Gasteiger partial charge in [-0.1, -0.05) is 19.1 Å². The monoisotopic (exact) mass is 328 g/mol. The fourth-order valence-electron chi connectivity index (χ4n) is 2.40. The molecule has 0 bridgehead atoms. The molecular weight excluding hydrogens is 316 g/mol. The minimum absolute atomic E-state index is 0.0603. The number of pyridine rings is 1. The third-order valence-corrected chi connectivity index (χ3v) is 4.11. The molecule has 23 heavy (non-hydrogen) atoms. The Balaban J connectivity index is 2.00. The van der Waals surface area contributed by atoms with Crippen LogP contribution in [0.15, 0.2) is 36.7 Å². The number of nitro groups is 1. The van der Waals surface area contributed by atoms with Gasteiger partial charge in [-0.25, -0.2) is 0 Å². The molecule has 0 spiro atoms. The van der Waals surface area contributed by atoms with Crippen molar-refractivity contribution in [3.05, 3.63) is 57.9 Å². The van der Waals surface area contributed by atoms with Crippen LogP contribution in [0, 0.1) is 10.1 Å². The Hall–Kier alpha value is -2.87. The Bertz CT molecular complexity index is 823. The number of hydrogen-bond donors (Lipinski definition) is 2. The molecule has 1 unspecified atom stereocenters. The molecule has 0 aliphatic carbocycles. The van der Waals surface area contributed by atoms with Crippen molar-refractivity contribution in [3.63, 3.8) is 0 Å². The van der Waals surface area contributed by atoms with Gasteiger partial charge in [0.1, 0.15) is 5.69 Å². The minimum Gasteiger partial charge on any atom is -0.349 e. The van der Waals surface area contributed by atoms with Crippen LogP contribution in [0.1, 0.15) is 28.8 Å². The van der Waals surface area contributed by atoms with Crippen molar-refractivity contribution in [2.75, 3.05) is 10.6 Å². The summed E-state index contributed by atoms with van der Waals surface area (Å²) in [5, 5.41) is 16.8. The number of nitrogens with zero attached hydrogens (tertiary/aromatic N) is 2. The van der Waals surface area contributed by atoms with E-state index < -0.39 is 10.8 Å². The van der Waals surface area contributed by atoms with Crippen LogP contribution in [-0.2, 0) is 0 Å². The Morgan fingerprint density at radius 3 is 2.91 bits per heavy atom. The molecule has 116 valence electrons. The van der Waals surface area contributed by atoms with E-state index in [1.165, 1.54) is 12.3 Å². The van der Waals surface area contributed by atoms with E-state index in [2.05, 4.69) is 15.6 Å². The molecule has 7 nitrogen and oxygen atoms in total. The lowest BCUT2D eigenvalue weighted by Gasteiger charge is -2.09. The first-order valence-corrected chi connectivity index (χ1v) is 7.23. The number of rotatable bonds is 3. The van der Waals surface area contributed by atoms with Crippen molar-refractivity contribution < 1.29 is 9.72 Å². The topological polar surface area (TPSA) is 97.2 Å². The van der Waals surface area contributed by atoms with Crippen LogP contribution in [0.25, 0.3) is 0 Å². The Kier molecular flexibility index (Phi) is 3.75. The fraction of sp³-hybridized carbons (Fsp3) is 0.133. The number of carbonyl (C=O) groups is 1. The third kappa shape index (κ3) is 2.76. The van der Waals surface area contributed by atoms with E-state index in [1.807, 2.05) is 6.92 Å². The van der Waals surface area contributed by atoms with Crippen LogP contribution in [0.4, 0.5) is 17.1 Å². The molecule has 1 amide bonds. The highest BCUT2D eigenvalue weighted by Crippen LogP contribution is 2.40. The normalized spacial score (nSPS) is 15.7. The van der Waals surface area contributed by atoms with Crippen LogP contribution in [0.2, 0.25) is 0 Å². The molecule has 3 rings (SSSR count). The van der Waals surface area contributed by atoms with Crippen LogP contribution in [-0.4, -0.2) is 20.8 Å². The number of benzene rings is 1. The van der Waals surface area contributed by atoms with Gasteiger partial charge in [0.15, 0.2) is 0 Å². The molecule has 0 radical (unpaired) electrons. The van der Waals surface area contributed by atoms with Gasteiger partial charge in [0.25, 0.3) is 11.6 Å².